The summed E-state index contributed by atoms with van der Waals surface area (Å²) in [7, 11) is 0. The summed E-state index contributed by atoms with van der Waals surface area (Å²) in [5.41, 5.74) is 5.48. The van der Waals surface area contributed by atoms with Crippen molar-refractivity contribution >= 4 is 5.91 Å². The number of nitrogens with two attached hydrogens (primary N) is 1. The maximum absolute atomic E-state index is 10.8. The second-order valence-corrected chi connectivity index (χ2v) is 3.09. The third kappa shape index (κ3) is 1.96. The Bertz CT molecular complexity index is 334. The van der Waals surface area contributed by atoms with E-state index in [0.717, 1.165) is 12.8 Å². The normalized spacial score (nSPS) is 15.4. The standard InChI is InChI=1S/C9H10N2O2/c10-9(12)6-3-8(5-11-4-6)13-7-1-2-7/h3-5,7H,1-2H2,(H2,10,12). The third-order valence-corrected chi connectivity index (χ3v) is 1.82. The van der Waals surface area contributed by atoms with Crippen molar-refractivity contribution in [3.05, 3.63) is 24.0 Å². The van der Waals surface area contributed by atoms with Gasteiger partial charge in [0.1, 0.15) is 5.75 Å². The molecular weight excluding hydrogens is 168 g/mol. The van der Waals surface area contributed by atoms with Crippen LogP contribution in [0, 0.1) is 0 Å². The Morgan fingerprint density at radius 3 is 2.92 bits per heavy atom. The van der Waals surface area contributed by atoms with Gasteiger partial charge in [-0.1, -0.05) is 0 Å². The van der Waals surface area contributed by atoms with Gasteiger partial charge in [-0.25, -0.2) is 0 Å². The van der Waals surface area contributed by atoms with Crippen molar-refractivity contribution in [2.75, 3.05) is 0 Å². The zero-order valence-electron chi connectivity index (χ0n) is 7.06. The number of carbonyl (C=O) groups is 1. The average molecular weight is 178 g/mol. The van der Waals surface area contributed by atoms with Crippen LogP contribution in [-0.4, -0.2) is 17.0 Å². The minimum Gasteiger partial charge on any atom is -0.489 e. The summed E-state index contributed by atoms with van der Waals surface area (Å²) in [5, 5.41) is 0. The monoisotopic (exact) mass is 178 g/mol. The molecule has 2 rings (SSSR count). The number of amides is 1. The zero-order chi connectivity index (χ0) is 9.26. The van der Waals surface area contributed by atoms with Gasteiger partial charge in [0.15, 0.2) is 0 Å². The summed E-state index contributed by atoms with van der Waals surface area (Å²) in [4.78, 5) is 14.6. The van der Waals surface area contributed by atoms with E-state index in [0.29, 0.717) is 17.4 Å². The van der Waals surface area contributed by atoms with Crippen molar-refractivity contribution in [1.82, 2.24) is 4.98 Å². The number of hydrogen-bond donors (Lipinski definition) is 1. The molecule has 4 nitrogen and oxygen atoms in total. The van der Waals surface area contributed by atoms with Crippen molar-refractivity contribution in [2.45, 2.75) is 18.9 Å². The van der Waals surface area contributed by atoms with Crippen molar-refractivity contribution < 1.29 is 9.53 Å². The number of primary amides is 1. The molecule has 4 heteroatoms. The molecule has 0 aliphatic heterocycles. The molecule has 1 aliphatic carbocycles. The van der Waals surface area contributed by atoms with E-state index >= 15 is 0 Å². The predicted molar refractivity (Wildman–Crippen MR) is 46.4 cm³/mol. The fraction of sp³-hybridized carbons (Fsp3) is 0.333. The van der Waals surface area contributed by atoms with Gasteiger partial charge < -0.3 is 10.5 Å². The van der Waals surface area contributed by atoms with E-state index in [9.17, 15) is 4.79 Å². The lowest BCUT2D eigenvalue weighted by Crippen LogP contribution is -2.11. The number of pyridine rings is 1. The zero-order valence-corrected chi connectivity index (χ0v) is 7.06. The Kier molecular flexibility index (Phi) is 1.88. The molecule has 13 heavy (non-hydrogen) atoms. The molecule has 0 aromatic carbocycles. The third-order valence-electron chi connectivity index (χ3n) is 1.82. The molecule has 1 aromatic rings. The van der Waals surface area contributed by atoms with Crippen LogP contribution in [0.15, 0.2) is 18.5 Å². The van der Waals surface area contributed by atoms with Crippen molar-refractivity contribution in [2.24, 2.45) is 5.73 Å². The van der Waals surface area contributed by atoms with E-state index in [2.05, 4.69) is 4.98 Å². The van der Waals surface area contributed by atoms with Gasteiger partial charge in [0.2, 0.25) is 5.91 Å². The molecule has 1 amide bonds. The molecule has 0 radical (unpaired) electrons. The van der Waals surface area contributed by atoms with Crippen LogP contribution < -0.4 is 10.5 Å². The first-order valence-electron chi connectivity index (χ1n) is 4.17. The first-order valence-corrected chi connectivity index (χ1v) is 4.17. The summed E-state index contributed by atoms with van der Waals surface area (Å²) in [6.07, 6.45) is 5.50. The molecule has 1 aliphatic rings. The molecular formula is C9H10N2O2. The Balaban J connectivity index is 2.15. The SMILES string of the molecule is NC(=O)c1cncc(OC2CC2)c1. The second kappa shape index (κ2) is 3.05. The largest absolute Gasteiger partial charge is 0.489 e. The van der Waals surface area contributed by atoms with Crippen LogP contribution in [-0.2, 0) is 0 Å². The van der Waals surface area contributed by atoms with Gasteiger partial charge in [0.25, 0.3) is 0 Å². The lowest BCUT2D eigenvalue weighted by Gasteiger charge is -2.03. The van der Waals surface area contributed by atoms with E-state index < -0.39 is 5.91 Å². The summed E-state index contributed by atoms with van der Waals surface area (Å²) >= 11 is 0. The highest BCUT2D eigenvalue weighted by atomic mass is 16.5. The molecule has 2 N–H and O–H groups in total. The van der Waals surface area contributed by atoms with E-state index in [4.69, 9.17) is 10.5 Å². The quantitative estimate of drug-likeness (QED) is 0.741. The molecule has 0 spiro atoms. The molecule has 0 saturated heterocycles. The highest BCUT2D eigenvalue weighted by Crippen LogP contribution is 2.26. The van der Waals surface area contributed by atoms with Gasteiger partial charge in [-0.2, -0.15) is 0 Å². The predicted octanol–water partition coefficient (Wildman–Crippen LogP) is 0.722. The topological polar surface area (TPSA) is 65.2 Å². The average Bonchev–Trinajstić information content (AvgIpc) is 2.89. The first-order chi connectivity index (χ1) is 6.25. The van der Waals surface area contributed by atoms with Gasteiger partial charge in [0.05, 0.1) is 17.9 Å². The smallest absolute Gasteiger partial charge is 0.250 e. The van der Waals surface area contributed by atoms with Crippen LogP contribution in [0.25, 0.3) is 0 Å². The van der Waals surface area contributed by atoms with Gasteiger partial charge in [-0.15, -0.1) is 0 Å². The lowest BCUT2D eigenvalue weighted by molar-refractivity contribution is 0.0999. The van der Waals surface area contributed by atoms with Crippen LogP contribution in [0.4, 0.5) is 0 Å². The summed E-state index contributed by atoms with van der Waals surface area (Å²) in [6, 6.07) is 1.62. The van der Waals surface area contributed by atoms with E-state index in [1.807, 2.05) is 0 Å². The van der Waals surface area contributed by atoms with Gasteiger partial charge in [0, 0.05) is 6.20 Å². The van der Waals surface area contributed by atoms with Crippen LogP contribution in [0.3, 0.4) is 0 Å². The molecule has 0 atom stereocenters. The Morgan fingerprint density at radius 2 is 2.31 bits per heavy atom. The minimum atomic E-state index is -0.478. The minimum absolute atomic E-state index is 0.310. The lowest BCUT2D eigenvalue weighted by atomic mass is 10.3. The Hall–Kier alpha value is -1.58. The maximum atomic E-state index is 10.8. The molecule has 1 heterocycles. The number of nitrogens with zero attached hydrogens (tertiary/aromatic N) is 1. The number of carbonyl (C=O) groups excluding carboxylic acids is 1. The van der Waals surface area contributed by atoms with Crippen molar-refractivity contribution in [1.29, 1.82) is 0 Å². The van der Waals surface area contributed by atoms with Gasteiger partial charge in [-0.3, -0.25) is 9.78 Å². The highest BCUT2D eigenvalue weighted by molar-refractivity contribution is 5.92. The van der Waals surface area contributed by atoms with Gasteiger partial charge >= 0.3 is 0 Å². The fourth-order valence-corrected chi connectivity index (χ4v) is 0.996. The number of ether oxygens (including phenoxy) is 1. The van der Waals surface area contributed by atoms with Gasteiger partial charge in [-0.05, 0) is 18.9 Å². The molecule has 1 saturated carbocycles. The van der Waals surface area contributed by atoms with Crippen LogP contribution in [0.5, 0.6) is 5.75 Å². The van der Waals surface area contributed by atoms with E-state index in [1.165, 1.54) is 6.20 Å². The molecule has 68 valence electrons. The number of aromatic nitrogens is 1. The van der Waals surface area contributed by atoms with Crippen molar-refractivity contribution in [3.8, 4) is 5.75 Å². The Morgan fingerprint density at radius 1 is 1.54 bits per heavy atom. The van der Waals surface area contributed by atoms with E-state index in [-0.39, 0.29) is 0 Å². The summed E-state index contributed by atoms with van der Waals surface area (Å²) in [5.74, 6) is 0.146. The van der Waals surface area contributed by atoms with Crippen LogP contribution >= 0.6 is 0 Å². The maximum Gasteiger partial charge on any atom is 0.250 e. The van der Waals surface area contributed by atoms with E-state index in [1.54, 1.807) is 12.3 Å². The molecule has 1 fully saturated rings. The van der Waals surface area contributed by atoms with Crippen molar-refractivity contribution in [3.63, 3.8) is 0 Å². The van der Waals surface area contributed by atoms with Crippen LogP contribution in [0.1, 0.15) is 23.2 Å². The molecule has 1 aromatic heterocycles. The highest BCUT2D eigenvalue weighted by Gasteiger charge is 2.23. The first kappa shape index (κ1) is 8.04. The Labute approximate surface area is 75.7 Å². The molecule has 0 unspecified atom stereocenters. The second-order valence-electron chi connectivity index (χ2n) is 3.09. The summed E-state index contributed by atoms with van der Waals surface area (Å²) in [6.45, 7) is 0. The summed E-state index contributed by atoms with van der Waals surface area (Å²) < 4.78 is 5.45. The molecule has 0 bridgehead atoms. The van der Waals surface area contributed by atoms with Crippen LogP contribution in [0.2, 0.25) is 0 Å². The fourth-order valence-electron chi connectivity index (χ4n) is 0.996. The number of hydrogen-bond acceptors (Lipinski definition) is 3. The number of rotatable bonds is 3.